The minimum absolute atomic E-state index is 0.0114. The molecule has 1 saturated heterocycles. The predicted molar refractivity (Wildman–Crippen MR) is 63.8 cm³/mol. The number of hydrogen-bond acceptors (Lipinski definition) is 4. The van der Waals surface area contributed by atoms with Gasteiger partial charge in [-0.05, 0) is 24.7 Å². The van der Waals surface area contributed by atoms with Crippen LogP contribution in [0.5, 0.6) is 0 Å². The van der Waals surface area contributed by atoms with E-state index in [9.17, 15) is 14.7 Å². The summed E-state index contributed by atoms with van der Waals surface area (Å²) < 4.78 is 0. The number of carboxylic acid groups (broad SMARTS) is 1. The molecule has 1 amide bonds. The van der Waals surface area contributed by atoms with E-state index in [1.807, 2.05) is 19.2 Å². The fourth-order valence-corrected chi connectivity index (χ4v) is 2.89. The number of ketones is 1. The van der Waals surface area contributed by atoms with Gasteiger partial charge >= 0.3 is 6.09 Å². The first kappa shape index (κ1) is 13.3. The Labute approximate surface area is 106 Å². The third kappa shape index (κ3) is 2.22. The zero-order chi connectivity index (χ0) is 13.5. The molecule has 0 aromatic heterocycles. The molecule has 0 aromatic carbocycles. The Morgan fingerprint density at radius 2 is 1.94 bits per heavy atom. The maximum atomic E-state index is 12.3. The monoisotopic (exact) mass is 256 g/mol. The number of hydrogen-bond donors (Lipinski definition) is 3. The lowest BCUT2D eigenvalue weighted by atomic mass is 9.89. The quantitative estimate of drug-likeness (QED) is 0.641. The largest absolute Gasteiger partial charge is 0.465 e. The first-order valence-corrected chi connectivity index (χ1v) is 6.34. The van der Waals surface area contributed by atoms with E-state index in [1.165, 1.54) is 0 Å². The summed E-state index contributed by atoms with van der Waals surface area (Å²) in [6.45, 7) is 4.24. The smallest absolute Gasteiger partial charge is 0.407 e. The molecule has 1 heterocycles. The number of aliphatic hydroxyl groups excluding tert-OH is 1. The van der Waals surface area contributed by atoms with E-state index in [2.05, 4.69) is 0 Å². The molecule has 2 atom stereocenters. The van der Waals surface area contributed by atoms with E-state index >= 15 is 0 Å². The molecule has 1 aliphatic heterocycles. The van der Waals surface area contributed by atoms with Crippen molar-refractivity contribution < 1.29 is 19.8 Å². The summed E-state index contributed by atoms with van der Waals surface area (Å²) in [5.74, 6) is -0.0126. The molecule has 2 rings (SSSR count). The van der Waals surface area contributed by atoms with Crippen LogP contribution in [-0.2, 0) is 4.79 Å². The van der Waals surface area contributed by atoms with Crippen LogP contribution in [0.1, 0.15) is 33.1 Å². The molecular weight excluding hydrogens is 236 g/mol. The number of nitrogens with zero attached hydrogens (tertiary/aromatic N) is 1. The number of carbonyl (C=O) groups excluding carboxylic acids is 1. The third-order valence-electron chi connectivity index (χ3n) is 4.08. The summed E-state index contributed by atoms with van der Waals surface area (Å²) in [6, 6.07) is -0.348. The second kappa shape index (κ2) is 4.51. The highest BCUT2D eigenvalue weighted by Gasteiger charge is 2.59. The van der Waals surface area contributed by atoms with Crippen LogP contribution in [0.15, 0.2) is 0 Å². The van der Waals surface area contributed by atoms with E-state index in [4.69, 9.17) is 5.11 Å². The van der Waals surface area contributed by atoms with Gasteiger partial charge in [-0.1, -0.05) is 13.8 Å². The number of likely N-dealkylation sites (tertiary alicyclic amines) is 1. The number of amides is 1. The van der Waals surface area contributed by atoms with Crippen molar-refractivity contribution in [3.8, 4) is 0 Å². The molecule has 2 fully saturated rings. The Morgan fingerprint density at radius 1 is 1.33 bits per heavy atom. The van der Waals surface area contributed by atoms with Gasteiger partial charge in [0.1, 0.15) is 0 Å². The average Bonchev–Trinajstić information content (AvgIpc) is 2.90. The molecule has 1 saturated carbocycles. The normalized spacial score (nSPS) is 27.4. The van der Waals surface area contributed by atoms with Gasteiger partial charge in [0, 0.05) is 12.5 Å². The van der Waals surface area contributed by atoms with Crippen molar-refractivity contribution in [2.75, 3.05) is 6.54 Å². The number of carbonyl (C=O) groups is 2. The first-order chi connectivity index (χ1) is 8.37. The van der Waals surface area contributed by atoms with Crippen molar-refractivity contribution >= 4 is 11.9 Å². The molecule has 1 aliphatic carbocycles. The van der Waals surface area contributed by atoms with Gasteiger partial charge in [0.05, 0.1) is 6.04 Å². The van der Waals surface area contributed by atoms with Gasteiger partial charge < -0.3 is 10.2 Å². The molecule has 6 heteroatoms. The second-order valence-electron chi connectivity index (χ2n) is 5.63. The highest BCUT2D eigenvalue weighted by atomic mass is 16.4. The maximum absolute atomic E-state index is 12.3. The Bertz CT molecular complexity index is 365. The fraction of sp³-hybridized carbons (Fsp3) is 0.833. The van der Waals surface area contributed by atoms with Crippen LogP contribution >= 0.6 is 0 Å². The van der Waals surface area contributed by atoms with Crippen LogP contribution in [0.3, 0.4) is 0 Å². The van der Waals surface area contributed by atoms with Crippen LogP contribution in [0.25, 0.3) is 0 Å². The van der Waals surface area contributed by atoms with Crippen LogP contribution in [-0.4, -0.2) is 45.9 Å². The van der Waals surface area contributed by atoms with Gasteiger partial charge in [-0.3, -0.25) is 15.0 Å². The van der Waals surface area contributed by atoms with Crippen LogP contribution in [0.2, 0.25) is 0 Å². The molecule has 3 N–H and O–H groups in total. The van der Waals surface area contributed by atoms with Gasteiger partial charge in [-0.15, -0.1) is 0 Å². The Kier molecular flexibility index (Phi) is 3.33. The minimum atomic E-state index is -1.30. The summed E-state index contributed by atoms with van der Waals surface area (Å²) >= 11 is 0. The predicted octanol–water partition coefficient (Wildman–Crippen LogP) is 0.609. The van der Waals surface area contributed by atoms with E-state index < -0.39 is 12.4 Å². The highest BCUT2D eigenvalue weighted by molar-refractivity contribution is 5.87. The van der Waals surface area contributed by atoms with Crippen LogP contribution in [0.4, 0.5) is 4.79 Å². The summed E-state index contributed by atoms with van der Waals surface area (Å²) in [5, 5.41) is 20.5. The molecule has 1 spiro atoms. The molecule has 2 aliphatic rings. The molecule has 0 aromatic rings. The standard InChI is InChI=1S/C12H20N2O4/c1-7(2)8(15)9-12(3-4-12)5-6-14(9)10(16)13-11(17)18/h7,9-10,13,16H,3-6H2,1-2H3,(H,17,18). The molecule has 0 radical (unpaired) electrons. The van der Waals surface area contributed by atoms with Crippen LogP contribution < -0.4 is 5.32 Å². The number of rotatable bonds is 4. The lowest BCUT2D eigenvalue weighted by Gasteiger charge is -2.31. The maximum Gasteiger partial charge on any atom is 0.407 e. The zero-order valence-electron chi connectivity index (χ0n) is 10.7. The fourth-order valence-electron chi connectivity index (χ4n) is 2.89. The number of aliphatic hydroxyl groups is 1. The summed E-state index contributed by atoms with van der Waals surface area (Å²) in [7, 11) is 0. The summed E-state index contributed by atoms with van der Waals surface area (Å²) in [6.07, 6.45) is 0.262. The molecule has 0 bridgehead atoms. The average molecular weight is 256 g/mol. The van der Waals surface area contributed by atoms with E-state index in [0.717, 1.165) is 19.3 Å². The second-order valence-corrected chi connectivity index (χ2v) is 5.63. The van der Waals surface area contributed by atoms with Crippen molar-refractivity contribution in [3.63, 3.8) is 0 Å². The lowest BCUT2D eigenvalue weighted by Crippen LogP contribution is -2.54. The van der Waals surface area contributed by atoms with Crippen molar-refractivity contribution in [3.05, 3.63) is 0 Å². The van der Waals surface area contributed by atoms with Crippen molar-refractivity contribution in [1.82, 2.24) is 10.2 Å². The summed E-state index contributed by atoms with van der Waals surface area (Å²) in [5.41, 5.74) is -0.0114. The zero-order valence-corrected chi connectivity index (χ0v) is 10.7. The Balaban J connectivity index is 2.14. The molecule has 2 unspecified atom stereocenters. The molecular formula is C12H20N2O4. The number of nitrogens with one attached hydrogen (secondary N) is 1. The highest BCUT2D eigenvalue weighted by Crippen LogP contribution is 2.57. The molecule has 18 heavy (non-hydrogen) atoms. The van der Waals surface area contributed by atoms with Crippen molar-refractivity contribution in [2.24, 2.45) is 11.3 Å². The third-order valence-corrected chi connectivity index (χ3v) is 4.08. The van der Waals surface area contributed by atoms with Gasteiger partial charge in [-0.25, -0.2) is 4.79 Å². The van der Waals surface area contributed by atoms with Crippen molar-refractivity contribution in [2.45, 2.75) is 45.5 Å². The molecule has 102 valence electrons. The SMILES string of the molecule is CC(C)C(=O)C1N(C(O)NC(=O)O)CCC12CC2. The number of Topliss-reactive ketones (excluding diaryl/α,β-unsaturated/α-hetero) is 1. The summed E-state index contributed by atoms with van der Waals surface area (Å²) in [4.78, 5) is 24.4. The van der Waals surface area contributed by atoms with Crippen molar-refractivity contribution in [1.29, 1.82) is 0 Å². The van der Waals surface area contributed by atoms with E-state index in [1.54, 1.807) is 4.90 Å². The van der Waals surface area contributed by atoms with Gasteiger partial charge in [-0.2, -0.15) is 0 Å². The lowest BCUT2D eigenvalue weighted by molar-refractivity contribution is -0.133. The van der Waals surface area contributed by atoms with Crippen LogP contribution in [0, 0.1) is 11.3 Å². The van der Waals surface area contributed by atoms with Gasteiger partial charge in [0.15, 0.2) is 12.1 Å². The van der Waals surface area contributed by atoms with Gasteiger partial charge in [0.25, 0.3) is 0 Å². The minimum Gasteiger partial charge on any atom is -0.465 e. The van der Waals surface area contributed by atoms with E-state index in [0.29, 0.717) is 6.54 Å². The Hall–Kier alpha value is -1.14. The topological polar surface area (TPSA) is 89.9 Å². The van der Waals surface area contributed by atoms with Gasteiger partial charge in [0.2, 0.25) is 0 Å². The Morgan fingerprint density at radius 3 is 2.39 bits per heavy atom. The van der Waals surface area contributed by atoms with E-state index in [-0.39, 0.29) is 23.2 Å². The first-order valence-electron chi connectivity index (χ1n) is 6.34. The molecule has 6 nitrogen and oxygen atoms in total.